The van der Waals surface area contributed by atoms with Crippen molar-refractivity contribution in [2.75, 3.05) is 36.5 Å². The van der Waals surface area contributed by atoms with E-state index in [1.54, 1.807) is 19.9 Å². The normalized spacial score (nSPS) is 14.7. The fraction of sp³-hybridized carbons (Fsp3) is 0.400. The Labute approximate surface area is 176 Å². The number of alkyl halides is 3. The highest BCUT2D eigenvalue weighted by Gasteiger charge is 2.35. The first-order valence-electron chi connectivity index (χ1n) is 9.32. The quantitative estimate of drug-likeness (QED) is 0.730. The van der Waals surface area contributed by atoms with E-state index in [0.717, 1.165) is 6.07 Å². The van der Waals surface area contributed by atoms with Crippen LogP contribution in [0.3, 0.4) is 0 Å². The minimum absolute atomic E-state index is 0.0153. The molecule has 1 fully saturated rings. The van der Waals surface area contributed by atoms with Crippen LogP contribution >= 0.6 is 11.6 Å². The summed E-state index contributed by atoms with van der Waals surface area (Å²) in [6.07, 6.45) is -3.61. The Balaban J connectivity index is 1.84. The number of benzene rings is 1. The Kier molecular flexibility index (Phi) is 6.72. The molecule has 1 aromatic carbocycles. The molecule has 2 aromatic rings. The maximum Gasteiger partial charge on any atom is 0.418 e. The minimum atomic E-state index is -4.64. The van der Waals surface area contributed by atoms with Crippen LogP contribution in [0.2, 0.25) is 5.02 Å². The summed E-state index contributed by atoms with van der Waals surface area (Å²) in [5, 5.41) is 2.40. The molecule has 0 spiro atoms. The van der Waals surface area contributed by atoms with Gasteiger partial charge in [-0.1, -0.05) is 11.6 Å². The van der Waals surface area contributed by atoms with E-state index in [0.29, 0.717) is 32.0 Å². The third-order valence-electron chi connectivity index (χ3n) is 4.35. The van der Waals surface area contributed by atoms with Crippen LogP contribution in [0, 0.1) is 0 Å². The highest BCUT2D eigenvalue weighted by atomic mass is 35.5. The molecule has 0 aliphatic carbocycles. The van der Waals surface area contributed by atoms with E-state index < -0.39 is 17.6 Å². The monoisotopic (exact) mass is 443 g/mol. The molecule has 0 atom stereocenters. The largest absolute Gasteiger partial charge is 0.474 e. The molecule has 2 heterocycles. The predicted molar refractivity (Wildman–Crippen MR) is 107 cm³/mol. The molecule has 30 heavy (non-hydrogen) atoms. The molecule has 0 bridgehead atoms. The van der Waals surface area contributed by atoms with Crippen LogP contribution in [-0.2, 0) is 10.9 Å². The lowest BCUT2D eigenvalue weighted by atomic mass is 10.1. The molecule has 1 aromatic heterocycles. The average Bonchev–Trinajstić information content (AvgIpc) is 2.69. The van der Waals surface area contributed by atoms with Crippen LogP contribution in [0.5, 0.6) is 5.88 Å². The summed E-state index contributed by atoms with van der Waals surface area (Å²) in [5.41, 5.74) is -0.841. The maximum absolute atomic E-state index is 13.6. The van der Waals surface area contributed by atoms with Gasteiger partial charge in [0.25, 0.3) is 5.91 Å². The first-order chi connectivity index (χ1) is 14.1. The molecule has 1 aliphatic rings. The number of halogens is 4. The predicted octanol–water partition coefficient (Wildman–Crippen LogP) is 4.63. The zero-order chi connectivity index (χ0) is 21.9. The second-order valence-corrected chi connectivity index (χ2v) is 7.37. The van der Waals surface area contributed by atoms with Crippen LogP contribution in [0.4, 0.5) is 24.5 Å². The second kappa shape index (κ2) is 9.09. The van der Waals surface area contributed by atoms with Crippen molar-refractivity contribution >= 4 is 28.9 Å². The summed E-state index contributed by atoms with van der Waals surface area (Å²) in [6, 6.07) is 5.13. The zero-order valence-corrected chi connectivity index (χ0v) is 17.2. The average molecular weight is 444 g/mol. The van der Waals surface area contributed by atoms with Crippen molar-refractivity contribution in [3.63, 3.8) is 0 Å². The van der Waals surface area contributed by atoms with Gasteiger partial charge in [0.1, 0.15) is 5.02 Å². The maximum atomic E-state index is 13.6. The summed E-state index contributed by atoms with van der Waals surface area (Å²) in [4.78, 5) is 18.3. The summed E-state index contributed by atoms with van der Waals surface area (Å²) < 4.78 is 51.6. The molecule has 0 saturated carbocycles. The summed E-state index contributed by atoms with van der Waals surface area (Å²) in [6.45, 7) is 5.47. The number of nitrogens with zero attached hydrogens (tertiary/aromatic N) is 2. The van der Waals surface area contributed by atoms with Crippen molar-refractivity contribution in [3.05, 3.63) is 46.6 Å². The van der Waals surface area contributed by atoms with Gasteiger partial charge in [-0.2, -0.15) is 13.2 Å². The highest BCUT2D eigenvalue weighted by molar-refractivity contribution is 6.32. The van der Waals surface area contributed by atoms with Crippen LogP contribution in [0.15, 0.2) is 30.5 Å². The number of ether oxygens (including phenoxy) is 2. The number of morpholine rings is 1. The molecular formula is C20H21ClF3N3O3. The number of carbonyl (C=O) groups is 1. The number of pyridine rings is 1. The SMILES string of the molecule is CC(C)Oc1ncc(C(=O)Nc2ccc(N3CCOCC3)cc2C(F)(F)F)cc1Cl. The third-order valence-corrected chi connectivity index (χ3v) is 4.62. The number of nitrogens with one attached hydrogen (secondary N) is 1. The lowest BCUT2D eigenvalue weighted by molar-refractivity contribution is -0.136. The molecule has 3 rings (SSSR count). The number of amides is 1. The number of rotatable bonds is 5. The van der Waals surface area contributed by atoms with Gasteiger partial charge in [-0.3, -0.25) is 4.79 Å². The highest BCUT2D eigenvalue weighted by Crippen LogP contribution is 2.38. The van der Waals surface area contributed by atoms with E-state index in [1.165, 1.54) is 18.3 Å². The topological polar surface area (TPSA) is 63.7 Å². The fourth-order valence-corrected chi connectivity index (χ4v) is 3.16. The van der Waals surface area contributed by atoms with Gasteiger partial charge in [0.2, 0.25) is 5.88 Å². The molecule has 1 amide bonds. The van der Waals surface area contributed by atoms with Crippen LogP contribution in [0.25, 0.3) is 0 Å². The molecule has 0 unspecified atom stereocenters. The summed E-state index contributed by atoms with van der Waals surface area (Å²) >= 11 is 6.07. The third kappa shape index (κ3) is 5.34. The van der Waals surface area contributed by atoms with E-state index in [4.69, 9.17) is 21.1 Å². The van der Waals surface area contributed by atoms with Gasteiger partial charge in [-0.25, -0.2) is 4.98 Å². The molecule has 162 valence electrons. The van der Waals surface area contributed by atoms with Gasteiger partial charge in [-0.05, 0) is 38.1 Å². The minimum Gasteiger partial charge on any atom is -0.474 e. The van der Waals surface area contributed by atoms with E-state index in [-0.39, 0.29) is 28.3 Å². The van der Waals surface area contributed by atoms with Crippen molar-refractivity contribution in [3.8, 4) is 5.88 Å². The Bertz CT molecular complexity index is 916. The van der Waals surface area contributed by atoms with Crippen LogP contribution < -0.4 is 15.0 Å². The van der Waals surface area contributed by atoms with E-state index in [2.05, 4.69) is 10.3 Å². The first-order valence-corrected chi connectivity index (χ1v) is 9.70. The van der Waals surface area contributed by atoms with Crippen molar-refractivity contribution in [1.82, 2.24) is 4.98 Å². The molecular weight excluding hydrogens is 423 g/mol. The van der Waals surface area contributed by atoms with Gasteiger partial charge < -0.3 is 19.7 Å². The number of aromatic nitrogens is 1. The Morgan fingerprint density at radius 3 is 2.57 bits per heavy atom. The van der Waals surface area contributed by atoms with Crippen LogP contribution in [0.1, 0.15) is 29.8 Å². The fourth-order valence-electron chi connectivity index (χ4n) is 2.95. The smallest absolute Gasteiger partial charge is 0.418 e. The van der Waals surface area contributed by atoms with E-state index >= 15 is 0 Å². The second-order valence-electron chi connectivity index (χ2n) is 6.96. The number of carbonyl (C=O) groups excluding carboxylic acids is 1. The van der Waals surface area contributed by atoms with Crippen molar-refractivity contribution in [2.24, 2.45) is 0 Å². The zero-order valence-electron chi connectivity index (χ0n) is 16.4. The van der Waals surface area contributed by atoms with Crippen molar-refractivity contribution in [2.45, 2.75) is 26.1 Å². The number of anilines is 2. The van der Waals surface area contributed by atoms with E-state index in [9.17, 15) is 18.0 Å². The Hall–Kier alpha value is -2.52. The van der Waals surface area contributed by atoms with Crippen molar-refractivity contribution in [1.29, 1.82) is 0 Å². The summed E-state index contributed by atoms with van der Waals surface area (Å²) in [5.74, 6) is -0.612. The lowest BCUT2D eigenvalue weighted by Crippen LogP contribution is -2.36. The molecule has 0 radical (unpaired) electrons. The molecule has 1 aliphatic heterocycles. The molecule has 10 heteroatoms. The van der Waals surface area contributed by atoms with Gasteiger partial charge in [-0.15, -0.1) is 0 Å². The van der Waals surface area contributed by atoms with Gasteiger partial charge in [0, 0.05) is 25.0 Å². The molecule has 6 nitrogen and oxygen atoms in total. The molecule has 1 saturated heterocycles. The molecule has 1 N–H and O–H groups in total. The van der Waals surface area contributed by atoms with Gasteiger partial charge >= 0.3 is 6.18 Å². The van der Waals surface area contributed by atoms with Gasteiger partial charge in [0.05, 0.1) is 36.1 Å². The van der Waals surface area contributed by atoms with Crippen LogP contribution in [-0.4, -0.2) is 43.3 Å². The number of hydrogen-bond acceptors (Lipinski definition) is 5. The summed E-state index contributed by atoms with van der Waals surface area (Å²) in [7, 11) is 0. The lowest BCUT2D eigenvalue weighted by Gasteiger charge is -2.29. The Morgan fingerprint density at radius 2 is 1.97 bits per heavy atom. The Morgan fingerprint density at radius 1 is 1.27 bits per heavy atom. The first kappa shape index (κ1) is 22.2. The number of hydrogen-bond donors (Lipinski definition) is 1. The standard InChI is InChI=1S/C20H21ClF3N3O3/c1-12(2)30-19-16(21)9-13(11-25-19)18(28)26-17-4-3-14(10-15(17)20(22,23)24)27-5-7-29-8-6-27/h3-4,9-12H,5-8H2,1-2H3,(H,26,28). The van der Waals surface area contributed by atoms with Gasteiger partial charge in [0.15, 0.2) is 0 Å². The van der Waals surface area contributed by atoms with Crippen molar-refractivity contribution < 1.29 is 27.4 Å². The van der Waals surface area contributed by atoms with E-state index in [1.807, 2.05) is 4.90 Å².